The van der Waals surface area contributed by atoms with Crippen molar-refractivity contribution in [2.75, 3.05) is 23.8 Å². The van der Waals surface area contributed by atoms with Gasteiger partial charge in [-0.2, -0.15) is 4.98 Å². The summed E-state index contributed by atoms with van der Waals surface area (Å²) < 4.78 is 5.70. The van der Waals surface area contributed by atoms with Crippen molar-refractivity contribution in [2.45, 2.75) is 32.4 Å². The molecule has 5 heteroatoms. The second-order valence-corrected chi connectivity index (χ2v) is 7.12. The van der Waals surface area contributed by atoms with E-state index in [-0.39, 0.29) is 6.10 Å². The number of ether oxygens (including phenoxy) is 1. The summed E-state index contributed by atoms with van der Waals surface area (Å²) in [5, 5.41) is 6.82. The zero-order chi connectivity index (χ0) is 19.2. The van der Waals surface area contributed by atoms with Crippen molar-refractivity contribution in [1.29, 1.82) is 0 Å². The normalized spacial score (nSPS) is 16.1. The first kappa shape index (κ1) is 18.4. The Hall–Kier alpha value is -2.92. The summed E-state index contributed by atoms with van der Waals surface area (Å²) in [5.74, 6) is 1.44. The molecule has 1 fully saturated rings. The van der Waals surface area contributed by atoms with Gasteiger partial charge in [0.2, 0.25) is 5.95 Å². The molecule has 0 bridgehead atoms. The van der Waals surface area contributed by atoms with Crippen LogP contribution in [-0.2, 0) is 11.3 Å². The fourth-order valence-corrected chi connectivity index (χ4v) is 3.38. The Morgan fingerprint density at radius 1 is 1.00 bits per heavy atom. The summed E-state index contributed by atoms with van der Waals surface area (Å²) in [4.78, 5) is 9.40. The maximum atomic E-state index is 5.70. The number of benzene rings is 2. The third-order valence-corrected chi connectivity index (χ3v) is 5.03. The highest BCUT2D eigenvalue weighted by atomic mass is 16.5. The van der Waals surface area contributed by atoms with Gasteiger partial charge in [0, 0.05) is 31.3 Å². The number of nitrogens with zero attached hydrogens (tertiary/aromatic N) is 2. The van der Waals surface area contributed by atoms with Gasteiger partial charge in [-0.05, 0) is 30.9 Å². The maximum Gasteiger partial charge on any atom is 0.225 e. The number of hydrogen-bond donors (Lipinski definition) is 2. The van der Waals surface area contributed by atoms with Crippen LogP contribution in [0, 0.1) is 6.92 Å². The zero-order valence-electron chi connectivity index (χ0n) is 16.2. The van der Waals surface area contributed by atoms with E-state index in [2.05, 4.69) is 58.9 Å². The number of anilines is 2. The first-order chi connectivity index (χ1) is 13.8. The van der Waals surface area contributed by atoms with Crippen LogP contribution in [0.25, 0.3) is 11.3 Å². The maximum absolute atomic E-state index is 5.70. The number of aryl methyl sites for hydroxylation is 1. The Labute approximate surface area is 166 Å². The summed E-state index contributed by atoms with van der Waals surface area (Å²) in [6.07, 6.45) is 2.46. The predicted octanol–water partition coefficient (Wildman–Crippen LogP) is 4.66. The molecule has 1 saturated heterocycles. The molecule has 3 aromatic rings. The minimum Gasteiger partial charge on any atom is -0.376 e. The van der Waals surface area contributed by atoms with Gasteiger partial charge in [0.25, 0.3) is 0 Å². The molecule has 0 saturated carbocycles. The van der Waals surface area contributed by atoms with Crippen molar-refractivity contribution >= 4 is 11.8 Å². The Kier molecular flexibility index (Phi) is 5.83. The second-order valence-electron chi connectivity index (χ2n) is 7.12. The SMILES string of the molecule is Cc1ccccc1CNc1cc(-c2ccccc2)nc(NCC2CCCO2)n1. The number of aromatic nitrogens is 2. The molecule has 2 N–H and O–H groups in total. The van der Waals surface area contributed by atoms with Crippen molar-refractivity contribution in [3.8, 4) is 11.3 Å². The van der Waals surface area contributed by atoms with Gasteiger partial charge < -0.3 is 15.4 Å². The highest BCUT2D eigenvalue weighted by Crippen LogP contribution is 2.22. The average molecular weight is 374 g/mol. The van der Waals surface area contributed by atoms with E-state index in [1.54, 1.807) is 0 Å². The molecule has 0 amide bonds. The molecule has 5 nitrogen and oxygen atoms in total. The van der Waals surface area contributed by atoms with Crippen molar-refractivity contribution in [3.05, 3.63) is 71.8 Å². The predicted molar refractivity (Wildman–Crippen MR) is 113 cm³/mol. The Balaban J connectivity index is 1.55. The van der Waals surface area contributed by atoms with Crippen LogP contribution in [0.2, 0.25) is 0 Å². The van der Waals surface area contributed by atoms with Gasteiger partial charge in [0.1, 0.15) is 5.82 Å². The average Bonchev–Trinajstić information content (AvgIpc) is 3.26. The van der Waals surface area contributed by atoms with Crippen molar-refractivity contribution < 1.29 is 4.74 Å². The quantitative estimate of drug-likeness (QED) is 0.630. The number of hydrogen-bond acceptors (Lipinski definition) is 5. The monoisotopic (exact) mass is 374 g/mol. The lowest BCUT2D eigenvalue weighted by molar-refractivity contribution is 0.120. The van der Waals surface area contributed by atoms with Crippen LogP contribution < -0.4 is 10.6 Å². The van der Waals surface area contributed by atoms with E-state index in [4.69, 9.17) is 9.72 Å². The summed E-state index contributed by atoms with van der Waals surface area (Å²) >= 11 is 0. The summed E-state index contributed by atoms with van der Waals surface area (Å²) in [5.41, 5.74) is 4.50. The van der Waals surface area contributed by atoms with Gasteiger partial charge in [-0.3, -0.25) is 0 Å². The molecule has 144 valence electrons. The Morgan fingerprint density at radius 3 is 2.61 bits per heavy atom. The van der Waals surface area contributed by atoms with E-state index in [1.165, 1.54) is 11.1 Å². The van der Waals surface area contributed by atoms with Crippen LogP contribution in [0.15, 0.2) is 60.7 Å². The minimum absolute atomic E-state index is 0.243. The van der Waals surface area contributed by atoms with E-state index in [1.807, 2.05) is 24.3 Å². The molecule has 0 spiro atoms. The fraction of sp³-hybridized carbons (Fsp3) is 0.304. The summed E-state index contributed by atoms with van der Waals surface area (Å²) in [7, 11) is 0. The first-order valence-corrected chi connectivity index (χ1v) is 9.86. The van der Waals surface area contributed by atoms with E-state index in [0.717, 1.165) is 49.6 Å². The standard InChI is InChI=1S/C23H26N4O/c1-17-8-5-6-11-19(17)15-24-22-14-21(18-9-3-2-4-10-18)26-23(27-22)25-16-20-12-7-13-28-20/h2-6,8-11,14,20H,7,12-13,15-16H2,1H3,(H2,24,25,26,27). The van der Waals surface area contributed by atoms with E-state index >= 15 is 0 Å². The lowest BCUT2D eigenvalue weighted by atomic mass is 10.1. The third-order valence-electron chi connectivity index (χ3n) is 5.03. The van der Waals surface area contributed by atoms with Crippen LogP contribution >= 0.6 is 0 Å². The second kappa shape index (κ2) is 8.85. The van der Waals surface area contributed by atoms with E-state index < -0.39 is 0 Å². The van der Waals surface area contributed by atoms with Crippen LogP contribution in [0.5, 0.6) is 0 Å². The van der Waals surface area contributed by atoms with E-state index in [0.29, 0.717) is 5.95 Å². The van der Waals surface area contributed by atoms with Crippen LogP contribution in [0.1, 0.15) is 24.0 Å². The number of nitrogens with one attached hydrogen (secondary N) is 2. The van der Waals surface area contributed by atoms with Gasteiger partial charge in [0.05, 0.1) is 11.8 Å². The molecule has 1 aliphatic heterocycles. The van der Waals surface area contributed by atoms with Crippen LogP contribution in [-0.4, -0.2) is 29.2 Å². The summed E-state index contributed by atoms with van der Waals surface area (Å²) in [6.45, 7) is 4.43. The fourth-order valence-electron chi connectivity index (χ4n) is 3.38. The smallest absolute Gasteiger partial charge is 0.225 e. The molecule has 2 heterocycles. The van der Waals surface area contributed by atoms with Crippen LogP contribution in [0.4, 0.5) is 11.8 Å². The molecule has 0 aliphatic carbocycles. The third kappa shape index (κ3) is 4.67. The zero-order valence-corrected chi connectivity index (χ0v) is 16.2. The lowest BCUT2D eigenvalue weighted by Gasteiger charge is -2.14. The van der Waals surface area contributed by atoms with Gasteiger partial charge in [-0.25, -0.2) is 4.98 Å². The van der Waals surface area contributed by atoms with Gasteiger partial charge in [-0.15, -0.1) is 0 Å². The molecule has 1 atom stereocenters. The molecule has 4 rings (SSSR count). The molecule has 28 heavy (non-hydrogen) atoms. The molecular formula is C23H26N4O. The Bertz CT molecular complexity index is 907. The molecular weight excluding hydrogens is 348 g/mol. The Morgan fingerprint density at radius 2 is 1.82 bits per heavy atom. The minimum atomic E-state index is 0.243. The molecule has 2 aromatic carbocycles. The lowest BCUT2D eigenvalue weighted by Crippen LogP contribution is -2.20. The van der Waals surface area contributed by atoms with Crippen molar-refractivity contribution in [3.63, 3.8) is 0 Å². The van der Waals surface area contributed by atoms with Crippen molar-refractivity contribution in [2.24, 2.45) is 0 Å². The molecule has 0 radical (unpaired) electrons. The first-order valence-electron chi connectivity index (χ1n) is 9.86. The highest BCUT2D eigenvalue weighted by Gasteiger charge is 2.16. The highest BCUT2D eigenvalue weighted by molar-refractivity contribution is 5.64. The van der Waals surface area contributed by atoms with Crippen molar-refractivity contribution in [1.82, 2.24) is 9.97 Å². The number of rotatable bonds is 7. The molecule has 1 aliphatic rings. The van der Waals surface area contributed by atoms with Gasteiger partial charge in [-0.1, -0.05) is 54.6 Å². The van der Waals surface area contributed by atoms with Crippen LogP contribution in [0.3, 0.4) is 0 Å². The van der Waals surface area contributed by atoms with Gasteiger partial charge >= 0.3 is 0 Å². The summed E-state index contributed by atoms with van der Waals surface area (Å²) in [6, 6.07) is 20.6. The van der Waals surface area contributed by atoms with E-state index in [9.17, 15) is 0 Å². The molecule has 1 aromatic heterocycles. The van der Waals surface area contributed by atoms with Gasteiger partial charge in [0.15, 0.2) is 0 Å². The molecule has 1 unspecified atom stereocenters. The topological polar surface area (TPSA) is 59.1 Å². The largest absolute Gasteiger partial charge is 0.376 e.